The van der Waals surface area contributed by atoms with Crippen molar-refractivity contribution >= 4 is 0 Å². The first-order valence-electron chi connectivity index (χ1n) is 5.94. The molecule has 0 heterocycles. The molecule has 86 valence electrons. The van der Waals surface area contributed by atoms with Gasteiger partial charge in [-0.1, -0.05) is 27.7 Å². The molecule has 3 N–H and O–H groups in total. The maximum absolute atomic E-state index is 5.75. The summed E-state index contributed by atoms with van der Waals surface area (Å²) in [5.41, 5.74) is 6.04. The molecule has 0 aromatic heterocycles. The molecule has 0 aromatic carbocycles. The minimum Gasteiger partial charge on any atom is -0.330 e. The van der Waals surface area contributed by atoms with Gasteiger partial charge in [-0.05, 0) is 44.7 Å². The predicted octanol–water partition coefficient (Wildman–Crippen LogP) is 2.39. The van der Waals surface area contributed by atoms with Crippen LogP contribution in [0, 0.1) is 11.8 Å². The molecule has 0 fully saturated rings. The first kappa shape index (κ1) is 13.9. The monoisotopic (exact) mass is 200 g/mol. The highest BCUT2D eigenvalue weighted by molar-refractivity contribution is 4.81. The van der Waals surface area contributed by atoms with Gasteiger partial charge >= 0.3 is 0 Å². The fourth-order valence-electron chi connectivity index (χ4n) is 1.47. The molecule has 0 radical (unpaired) electrons. The highest BCUT2D eigenvalue weighted by Gasteiger charge is 2.21. The van der Waals surface area contributed by atoms with Gasteiger partial charge in [-0.3, -0.25) is 0 Å². The fraction of sp³-hybridized carbons (Fsp3) is 1.00. The largest absolute Gasteiger partial charge is 0.330 e. The van der Waals surface area contributed by atoms with E-state index in [1.807, 2.05) is 0 Å². The minimum atomic E-state index is 0.294. The Morgan fingerprint density at radius 3 is 2.00 bits per heavy atom. The van der Waals surface area contributed by atoms with Crippen molar-refractivity contribution in [3.63, 3.8) is 0 Å². The van der Waals surface area contributed by atoms with Crippen LogP contribution in [-0.2, 0) is 0 Å². The van der Waals surface area contributed by atoms with E-state index >= 15 is 0 Å². The molecule has 2 nitrogen and oxygen atoms in total. The number of nitrogens with two attached hydrogens (primary N) is 1. The molecular formula is C12H28N2. The Morgan fingerprint density at radius 1 is 1.21 bits per heavy atom. The molecule has 1 atom stereocenters. The fourth-order valence-corrected chi connectivity index (χ4v) is 1.47. The molecule has 0 rings (SSSR count). The Bertz CT molecular complexity index is 139. The first-order valence-corrected chi connectivity index (χ1v) is 5.94. The van der Waals surface area contributed by atoms with Gasteiger partial charge in [0, 0.05) is 5.54 Å². The summed E-state index contributed by atoms with van der Waals surface area (Å²) in [5, 5.41) is 3.65. The van der Waals surface area contributed by atoms with Gasteiger partial charge in [-0.25, -0.2) is 0 Å². The standard InChI is InChI=1S/C12H28N2/c1-6-12(5,7-2)14-9-11(8-13)10(3)4/h10-11,14H,6-9,13H2,1-5H3. The molecule has 1 unspecified atom stereocenters. The lowest BCUT2D eigenvalue weighted by atomic mass is 9.91. The van der Waals surface area contributed by atoms with Crippen molar-refractivity contribution in [3.05, 3.63) is 0 Å². The highest BCUT2D eigenvalue weighted by atomic mass is 15.0. The van der Waals surface area contributed by atoms with Crippen molar-refractivity contribution in [2.75, 3.05) is 13.1 Å². The number of nitrogens with one attached hydrogen (secondary N) is 1. The number of hydrogen-bond donors (Lipinski definition) is 2. The van der Waals surface area contributed by atoms with Crippen LogP contribution in [0.5, 0.6) is 0 Å². The van der Waals surface area contributed by atoms with Crippen molar-refractivity contribution in [3.8, 4) is 0 Å². The summed E-state index contributed by atoms with van der Waals surface area (Å²) in [5.74, 6) is 1.28. The van der Waals surface area contributed by atoms with E-state index in [4.69, 9.17) is 5.73 Å². The lowest BCUT2D eigenvalue weighted by molar-refractivity contribution is 0.277. The molecule has 0 aliphatic rings. The Hall–Kier alpha value is -0.0800. The summed E-state index contributed by atoms with van der Waals surface area (Å²) in [6, 6.07) is 0. The molecule has 2 heteroatoms. The Balaban J connectivity index is 4.00. The zero-order valence-corrected chi connectivity index (χ0v) is 10.6. The van der Waals surface area contributed by atoms with E-state index in [0.29, 0.717) is 17.4 Å². The van der Waals surface area contributed by atoms with E-state index in [9.17, 15) is 0 Å². The van der Waals surface area contributed by atoms with Crippen LogP contribution in [0.15, 0.2) is 0 Å². The van der Waals surface area contributed by atoms with Crippen LogP contribution >= 0.6 is 0 Å². The molecule has 0 spiro atoms. The van der Waals surface area contributed by atoms with Gasteiger partial charge in [0.05, 0.1) is 0 Å². The average Bonchev–Trinajstić information content (AvgIpc) is 2.18. The van der Waals surface area contributed by atoms with Crippen molar-refractivity contribution in [1.29, 1.82) is 0 Å². The number of hydrogen-bond acceptors (Lipinski definition) is 2. The van der Waals surface area contributed by atoms with Crippen LogP contribution in [0.2, 0.25) is 0 Å². The maximum Gasteiger partial charge on any atom is 0.0148 e. The zero-order chi connectivity index (χ0) is 11.2. The summed E-state index contributed by atoms with van der Waals surface area (Å²) < 4.78 is 0. The van der Waals surface area contributed by atoms with Gasteiger partial charge in [0.1, 0.15) is 0 Å². The van der Waals surface area contributed by atoms with Gasteiger partial charge < -0.3 is 11.1 Å². The molecule has 0 aliphatic carbocycles. The van der Waals surface area contributed by atoms with Crippen LogP contribution in [0.4, 0.5) is 0 Å². The second-order valence-electron chi connectivity index (χ2n) is 4.89. The normalized spacial score (nSPS) is 14.8. The van der Waals surface area contributed by atoms with Crippen LogP contribution in [-0.4, -0.2) is 18.6 Å². The molecule has 0 aliphatic heterocycles. The van der Waals surface area contributed by atoms with E-state index < -0.39 is 0 Å². The van der Waals surface area contributed by atoms with Gasteiger partial charge in [-0.15, -0.1) is 0 Å². The number of rotatable bonds is 7. The maximum atomic E-state index is 5.75. The van der Waals surface area contributed by atoms with Crippen LogP contribution < -0.4 is 11.1 Å². The summed E-state index contributed by atoms with van der Waals surface area (Å²) in [6.45, 7) is 13.1. The third-order valence-electron chi connectivity index (χ3n) is 3.60. The van der Waals surface area contributed by atoms with Gasteiger partial charge in [0.2, 0.25) is 0 Å². The summed E-state index contributed by atoms with van der Waals surface area (Å²) in [7, 11) is 0. The molecule has 0 bridgehead atoms. The van der Waals surface area contributed by atoms with E-state index in [0.717, 1.165) is 13.1 Å². The molecule has 0 saturated heterocycles. The van der Waals surface area contributed by atoms with Crippen LogP contribution in [0.3, 0.4) is 0 Å². The molecular weight excluding hydrogens is 172 g/mol. The average molecular weight is 200 g/mol. The Morgan fingerprint density at radius 2 is 1.71 bits per heavy atom. The van der Waals surface area contributed by atoms with Crippen molar-refractivity contribution in [1.82, 2.24) is 5.32 Å². The summed E-state index contributed by atoms with van der Waals surface area (Å²) in [6.07, 6.45) is 2.36. The van der Waals surface area contributed by atoms with Crippen molar-refractivity contribution < 1.29 is 0 Å². The van der Waals surface area contributed by atoms with Gasteiger partial charge in [0.15, 0.2) is 0 Å². The highest BCUT2D eigenvalue weighted by Crippen LogP contribution is 2.15. The quantitative estimate of drug-likeness (QED) is 0.662. The third-order valence-corrected chi connectivity index (χ3v) is 3.60. The molecule has 0 amide bonds. The summed E-state index contributed by atoms with van der Waals surface area (Å²) >= 11 is 0. The summed E-state index contributed by atoms with van der Waals surface area (Å²) in [4.78, 5) is 0. The van der Waals surface area contributed by atoms with Crippen molar-refractivity contribution in [2.24, 2.45) is 17.6 Å². The SMILES string of the molecule is CCC(C)(CC)NCC(CN)C(C)C. The van der Waals surface area contributed by atoms with E-state index in [1.165, 1.54) is 12.8 Å². The molecule has 0 aromatic rings. The predicted molar refractivity (Wildman–Crippen MR) is 64.4 cm³/mol. The third kappa shape index (κ3) is 4.43. The Kier molecular flexibility index (Phi) is 6.38. The smallest absolute Gasteiger partial charge is 0.0148 e. The van der Waals surface area contributed by atoms with E-state index in [-0.39, 0.29) is 0 Å². The molecule has 0 saturated carbocycles. The van der Waals surface area contributed by atoms with E-state index in [1.54, 1.807) is 0 Å². The van der Waals surface area contributed by atoms with E-state index in [2.05, 4.69) is 39.9 Å². The molecule has 14 heavy (non-hydrogen) atoms. The minimum absolute atomic E-state index is 0.294. The van der Waals surface area contributed by atoms with Gasteiger partial charge in [-0.2, -0.15) is 0 Å². The first-order chi connectivity index (χ1) is 6.49. The van der Waals surface area contributed by atoms with Gasteiger partial charge in [0.25, 0.3) is 0 Å². The second kappa shape index (κ2) is 6.41. The van der Waals surface area contributed by atoms with Crippen LogP contribution in [0.25, 0.3) is 0 Å². The van der Waals surface area contributed by atoms with Crippen LogP contribution in [0.1, 0.15) is 47.5 Å². The lowest BCUT2D eigenvalue weighted by Crippen LogP contribution is -2.45. The topological polar surface area (TPSA) is 38.0 Å². The zero-order valence-electron chi connectivity index (χ0n) is 10.6. The van der Waals surface area contributed by atoms with Crippen molar-refractivity contribution in [2.45, 2.75) is 53.0 Å². The second-order valence-corrected chi connectivity index (χ2v) is 4.89. The Labute approximate surface area is 89.6 Å². The lowest BCUT2D eigenvalue weighted by Gasteiger charge is -2.31.